The third kappa shape index (κ3) is 2.82. The van der Waals surface area contributed by atoms with Gasteiger partial charge in [-0.2, -0.15) is 9.40 Å². The number of aryl methyl sites for hydroxylation is 1. The van der Waals surface area contributed by atoms with E-state index in [1.807, 2.05) is 13.0 Å². The lowest BCUT2D eigenvalue weighted by atomic mass is 10.0. The molecule has 1 aliphatic rings. The van der Waals surface area contributed by atoms with Crippen LogP contribution in [0.3, 0.4) is 0 Å². The number of benzene rings is 1. The topological polar surface area (TPSA) is 79.0 Å². The van der Waals surface area contributed by atoms with Crippen molar-refractivity contribution in [2.24, 2.45) is 0 Å². The summed E-state index contributed by atoms with van der Waals surface area (Å²) in [7, 11) is -3.56. The maximum Gasteiger partial charge on any atom is 0.244 e. The molecule has 0 spiro atoms. The molecule has 6 nitrogen and oxygen atoms in total. The van der Waals surface area contributed by atoms with Crippen molar-refractivity contribution in [1.29, 1.82) is 0 Å². The number of aromatic amines is 1. The highest BCUT2D eigenvalue weighted by atomic mass is 79.9. The predicted octanol–water partition coefficient (Wildman–Crippen LogP) is 2.79. The van der Waals surface area contributed by atoms with Gasteiger partial charge in [0, 0.05) is 11.0 Å². The summed E-state index contributed by atoms with van der Waals surface area (Å²) < 4.78 is 28.6. The average Bonchev–Trinajstić information content (AvgIpc) is 3.01. The lowest BCUT2D eigenvalue weighted by Gasteiger charge is -2.33. The molecule has 1 N–H and O–H groups in total. The highest BCUT2D eigenvalue weighted by molar-refractivity contribution is 9.10. The Hall–Kier alpha value is -1.25. The number of hydrogen-bond acceptors (Lipinski definition) is 4. The summed E-state index contributed by atoms with van der Waals surface area (Å²) >= 11 is 3.37. The maximum atomic E-state index is 13.1. The summed E-state index contributed by atoms with van der Waals surface area (Å²) in [6.45, 7) is 2.31. The zero-order chi connectivity index (χ0) is 15.7. The number of nitrogens with zero attached hydrogens (tertiary/aromatic N) is 3. The molecule has 1 saturated heterocycles. The van der Waals surface area contributed by atoms with Crippen LogP contribution in [-0.4, -0.2) is 34.4 Å². The molecule has 1 aromatic carbocycles. The Morgan fingerprint density at radius 1 is 1.36 bits per heavy atom. The van der Waals surface area contributed by atoms with Crippen LogP contribution in [0.4, 0.5) is 0 Å². The van der Waals surface area contributed by atoms with Crippen molar-refractivity contribution in [2.45, 2.75) is 37.1 Å². The van der Waals surface area contributed by atoms with Crippen LogP contribution < -0.4 is 0 Å². The monoisotopic (exact) mass is 384 g/mol. The van der Waals surface area contributed by atoms with E-state index in [-0.39, 0.29) is 6.04 Å². The van der Waals surface area contributed by atoms with Crippen LogP contribution in [0, 0.1) is 6.92 Å². The van der Waals surface area contributed by atoms with Crippen molar-refractivity contribution < 1.29 is 8.42 Å². The first-order valence-corrected chi connectivity index (χ1v) is 9.37. The van der Waals surface area contributed by atoms with E-state index in [9.17, 15) is 8.42 Å². The molecule has 0 saturated carbocycles. The smallest absolute Gasteiger partial charge is 0.244 e. The van der Waals surface area contributed by atoms with E-state index in [4.69, 9.17) is 0 Å². The van der Waals surface area contributed by atoms with E-state index in [2.05, 4.69) is 31.1 Å². The van der Waals surface area contributed by atoms with Crippen molar-refractivity contribution in [3.63, 3.8) is 0 Å². The molecular formula is C14H17BrN4O2S. The van der Waals surface area contributed by atoms with Crippen LogP contribution in [0.1, 0.15) is 36.7 Å². The van der Waals surface area contributed by atoms with E-state index < -0.39 is 10.0 Å². The van der Waals surface area contributed by atoms with Gasteiger partial charge in [-0.1, -0.05) is 22.4 Å². The molecule has 0 aliphatic carbocycles. The summed E-state index contributed by atoms with van der Waals surface area (Å²) in [5, 5.41) is 6.66. The molecule has 22 heavy (non-hydrogen) atoms. The highest BCUT2D eigenvalue weighted by Gasteiger charge is 2.36. The number of halogens is 1. The van der Waals surface area contributed by atoms with Gasteiger partial charge in [0.25, 0.3) is 0 Å². The molecule has 1 unspecified atom stereocenters. The van der Waals surface area contributed by atoms with Gasteiger partial charge in [0.2, 0.25) is 10.0 Å². The fourth-order valence-electron chi connectivity index (χ4n) is 2.87. The number of rotatable bonds is 3. The zero-order valence-corrected chi connectivity index (χ0v) is 14.6. The summed E-state index contributed by atoms with van der Waals surface area (Å²) in [4.78, 5) is 4.50. The quantitative estimate of drug-likeness (QED) is 0.881. The minimum Gasteiger partial charge on any atom is -0.262 e. The second kappa shape index (κ2) is 6.10. The zero-order valence-electron chi connectivity index (χ0n) is 12.2. The van der Waals surface area contributed by atoms with Gasteiger partial charge in [0.15, 0.2) is 0 Å². The van der Waals surface area contributed by atoms with Crippen LogP contribution in [0.5, 0.6) is 0 Å². The molecule has 0 radical (unpaired) electrons. The van der Waals surface area contributed by atoms with Crippen LogP contribution in [0.15, 0.2) is 33.9 Å². The van der Waals surface area contributed by atoms with Crippen LogP contribution in [0.2, 0.25) is 0 Å². The summed E-state index contributed by atoms with van der Waals surface area (Å²) in [5.74, 6) is 0.609. The van der Waals surface area contributed by atoms with Gasteiger partial charge in [-0.05, 0) is 43.5 Å². The molecule has 1 atom stereocenters. The van der Waals surface area contributed by atoms with Gasteiger partial charge in [0.05, 0.1) is 10.9 Å². The van der Waals surface area contributed by atoms with Crippen LogP contribution >= 0.6 is 15.9 Å². The Morgan fingerprint density at radius 3 is 2.86 bits per heavy atom. The second-order valence-electron chi connectivity index (χ2n) is 5.41. The number of nitrogens with one attached hydrogen (secondary N) is 1. The largest absolute Gasteiger partial charge is 0.262 e. The molecular weight excluding hydrogens is 368 g/mol. The van der Waals surface area contributed by atoms with Crippen molar-refractivity contribution >= 4 is 26.0 Å². The molecule has 118 valence electrons. The first-order chi connectivity index (χ1) is 10.5. The summed E-state index contributed by atoms with van der Waals surface area (Å²) in [6, 6.07) is 4.96. The van der Waals surface area contributed by atoms with E-state index in [1.165, 1.54) is 6.33 Å². The Bertz CT molecular complexity index is 761. The number of hydrogen-bond donors (Lipinski definition) is 1. The minimum atomic E-state index is -3.56. The lowest BCUT2D eigenvalue weighted by molar-refractivity contribution is 0.247. The van der Waals surface area contributed by atoms with E-state index in [0.29, 0.717) is 17.3 Å². The normalized spacial score (nSPS) is 20.2. The van der Waals surface area contributed by atoms with E-state index >= 15 is 0 Å². The molecule has 1 aliphatic heterocycles. The lowest BCUT2D eigenvalue weighted by Crippen LogP contribution is -2.39. The standard InChI is InChI=1S/C14H17BrN4O2S/c1-10-8-11(15)5-6-13(10)22(20,21)19-7-3-2-4-12(19)14-16-9-17-18-14/h5-6,8-9,12H,2-4,7H2,1H3,(H,16,17,18). The molecule has 0 bridgehead atoms. The SMILES string of the molecule is Cc1cc(Br)ccc1S(=O)(=O)N1CCCCC1c1ncn[nH]1. The Labute approximate surface area is 138 Å². The number of H-pyrrole nitrogens is 1. The third-order valence-electron chi connectivity index (χ3n) is 3.93. The van der Waals surface area contributed by atoms with Gasteiger partial charge in [-0.3, -0.25) is 5.10 Å². The molecule has 8 heteroatoms. The van der Waals surface area contributed by atoms with E-state index in [0.717, 1.165) is 29.3 Å². The van der Waals surface area contributed by atoms with E-state index in [1.54, 1.807) is 16.4 Å². The van der Waals surface area contributed by atoms with Gasteiger partial charge >= 0.3 is 0 Å². The Kier molecular flexibility index (Phi) is 4.33. The van der Waals surface area contributed by atoms with Crippen molar-refractivity contribution in [3.05, 3.63) is 40.4 Å². The molecule has 3 rings (SSSR count). The Balaban J connectivity index is 2.02. The molecule has 2 heterocycles. The minimum absolute atomic E-state index is 0.274. The van der Waals surface area contributed by atoms with Gasteiger partial charge in [0.1, 0.15) is 12.2 Å². The summed E-state index contributed by atoms with van der Waals surface area (Å²) in [5.41, 5.74) is 0.733. The molecule has 0 amide bonds. The van der Waals surface area contributed by atoms with Gasteiger partial charge < -0.3 is 0 Å². The van der Waals surface area contributed by atoms with Gasteiger partial charge in [-0.25, -0.2) is 13.4 Å². The predicted molar refractivity (Wildman–Crippen MR) is 85.7 cm³/mol. The third-order valence-corrected chi connectivity index (χ3v) is 6.49. The van der Waals surface area contributed by atoms with Crippen molar-refractivity contribution in [1.82, 2.24) is 19.5 Å². The van der Waals surface area contributed by atoms with Gasteiger partial charge in [-0.15, -0.1) is 0 Å². The molecule has 1 fully saturated rings. The second-order valence-corrected chi connectivity index (χ2v) is 8.18. The molecule has 2 aromatic rings. The first kappa shape index (κ1) is 15.6. The molecule has 1 aromatic heterocycles. The van der Waals surface area contributed by atoms with Crippen molar-refractivity contribution in [2.75, 3.05) is 6.54 Å². The fraction of sp³-hybridized carbons (Fsp3) is 0.429. The van der Waals surface area contributed by atoms with Crippen LogP contribution in [-0.2, 0) is 10.0 Å². The number of aromatic nitrogens is 3. The van der Waals surface area contributed by atoms with Crippen LogP contribution in [0.25, 0.3) is 0 Å². The fourth-order valence-corrected chi connectivity index (χ4v) is 5.21. The average molecular weight is 385 g/mol. The van der Waals surface area contributed by atoms with Crippen molar-refractivity contribution in [3.8, 4) is 0 Å². The summed E-state index contributed by atoms with van der Waals surface area (Å²) in [6.07, 6.45) is 4.01. The Morgan fingerprint density at radius 2 is 2.18 bits per heavy atom. The first-order valence-electron chi connectivity index (χ1n) is 7.13. The number of piperidine rings is 1. The maximum absolute atomic E-state index is 13.1. The number of sulfonamides is 1. The highest BCUT2D eigenvalue weighted by Crippen LogP contribution is 2.34.